The van der Waals surface area contributed by atoms with Gasteiger partial charge in [-0.25, -0.2) is 8.42 Å². The fourth-order valence-corrected chi connectivity index (χ4v) is 6.84. The Kier molecular flexibility index (Phi) is 9.63. The van der Waals surface area contributed by atoms with E-state index in [1.54, 1.807) is 11.8 Å². The molecule has 4 amide bonds. The number of amides is 4. The molecular weight excluding hydrogens is 530 g/mol. The van der Waals surface area contributed by atoms with Crippen LogP contribution in [0.15, 0.2) is 29.2 Å². The molecule has 3 rings (SSSR count). The summed E-state index contributed by atoms with van der Waals surface area (Å²) in [4.78, 5) is 51.7. The van der Waals surface area contributed by atoms with Crippen molar-refractivity contribution in [3.05, 3.63) is 45.8 Å². The number of benzene rings is 1. The Morgan fingerprint density at radius 1 is 1.03 bits per heavy atom. The summed E-state index contributed by atoms with van der Waals surface area (Å²) < 4.78 is 27.4. The van der Waals surface area contributed by atoms with Gasteiger partial charge in [0.25, 0.3) is 11.8 Å². The number of rotatable bonds is 9. The first kappa shape index (κ1) is 29.3. The molecular formula is C25H33N5O6S2. The van der Waals surface area contributed by atoms with E-state index >= 15 is 0 Å². The maximum atomic E-state index is 13.1. The number of unbranched alkanes of at least 4 members (excludes halogenated alkanes) is 1. The zero-order valence-corrected chi connectivity index (χ0v) is 23.6. The van der Waals surface area contributed by atoms with Gasteiger partial charge in [-0.05, 0) is 42.7 Å². The average Bonchev–Trinajstić information content (AvgIpc) is 3.24. The van der Waals surface area contributed by atoms with E-state index in [1.165, 1.54) is 53.8 Å². The van der Waals surface area contributed by atoms with Crippen molar-refractivity contribution in [2.75, 3.05) is 25.0 Å². The van der Waals surface area contributed by atoms with E-state index in [1.807, 2.05) is 6.92 Å². The molecule has 0 fully saturated rings. The number of hydrogen-bond acceptors (Lipinski definition) is 7. The Balaban J connectivity index is 1.86. The van der Waals surface area contributed by atoms with E-state index in [4.69, 9.17) is 0 Å². The average molecular weight is 564 g/mol. The molecule has 1 aromatic heterocycles. The Bertz CT molecular complexity index is 1320. The Labute approximate surface area is 226 Å². The Morgan fingerprint density at radius 2 is 1.71 bits per heavy atom. The van der Waals surface area contributed by atoms with Crippen LogP contribution in [-0.4, -0.2) is 60.9 Å². The minimum absolute atomic E-state index is 0.0924. The summed E-state index contributed by atoms with van der Waals surface area (Å²) >= 11 is 1.19. The SMILES string of the molecule is CCCCN(CC)S(=O)(=O)c1ccc(C(=O)Nc2sc3c(c2C(=O)NNC(C)=O)CCN(C(C)=O)C3)cc1. The molecule has 13 heteroatoms. The van der Waals surface area contributed by atoms with Crippen molar-refractivity contribution in [3.8, 4) is 0 Å². The predicted molar refractivity (Wildman–Crippen MR) is 144 cm³/mol. The fourth-order valence-electron chi connectivity index (χ4n) is 4.09. The van der Waals surface area contributed by atoms with Crippen molar-refractivity contribution >= 4 is 50.0 Å². The standard InChI is InChI=1S/C25H33N5O6S2/c1-5-7-13-30(6-2)38(35,36)19-10-8-18(9-11-19)23(33)26-25-22(24(34)28-27-16(3)31)20-12-14-29(17(4)32)15-21(20)37-25/h8-11H,5-7,12-15H2,1-4H3,(H,26,33)(H,27,31)(H,28,34). The molecule has 0 unspecified atom stereocenters. The third kappa shape index (κ3) is 6.58. The molecule has 0 aliphatic carbocycles. The number of sulfonamides is 1. The summed E-state index contributed by atoms with van der Waals surface area (Å²) in [6.45, 7) is 8.00. The fraction of sp³-hybridized carbons (Fsp3) is 0.440. The van der Waals surface area contributed by atoms with E-state index < -0.39 is 27.7 Å². The topological polar surface area (TPSA) is 145 Å². The number of carbonyl (C=O) groups is 4. The zero-order valence-electron chi connectivity index (χ0n) is 21.9. The van der Waals surface area contributed by atoms with Crippen molar-refractivity contribution in [2.24, 2.45) is 0 Å². The summed E-state index contributed by atoms with van der Waals surface area (Å²) in [6.07, 6.45) is 2.04. The van der Waals surface area contributed by atoms with Gasteiger partial charge in [0.05, 0.1) is 17.0 Å². The minimum atomic E-state index is -3.69. The molecule has 11 nitrogen and oxygen atoms in total. The second-order valence-electron chi connectivity index (χ2n) is 8.86. The van der Waals surface area contributed by atoms with Gasteiger partial charge in [0.15, 0.2) is 0 Å². The van der Waals surface area contributed by atoms with E-state index in [0.717, 1.165) is 17.7 Å². The normalized spacial score (nSPS) is 13.1. The van der Waals surface area contributed by atoms with Crippen LogP contribution >= 0.6 is 11.3 Å². The molecule has 3 N–H and O–H groups in total. The predicted octanol–water partition coefficient (Wildman–Crippen LogP) is 2.50. The van der Waals surface area contributed by atoms with Crippen molar-refractivity contribution in [1.82, 2.24) is 20.1 Å². The molecule has 38 heavy (non-hydrogen) atoms. The molecule has 0 atom stereocenters. The van der Waals surface area contributed by atoms with Crippen molar-refractivity contribution < 1.29 is 27.6 Å². The van der Waals surface area contributed by atoms with E-state index in [-0.39, 0.29) is 26.9 Å². The van der Waals surface area contributed by atoms with Crippen molar-refractivity contribution in [1.29, 1.82) is 0 Å². The molecule has 0 saturated heterocycles. The van der Waals surface area contributed by atoms with Crippen LogP contribution < -0.4 is 16.2 Å². The van der Waals surface area contributed by atoms with E-state index in [2.05, 4.69) is 16.2 Å². The van der Waals surface area contributed by atoms with Gasteiger partial charge >= 0.3 is 0 Å². The maximum Gasteiger partial charge on any atom is 0.272 e. The largest absolute Gasteiger partial charge is 0.337 e. The number of fused-ring (bicyclic) bond motifs is 1. The molecule has 0 spiro atoms. The van der Waals surface area contributed by atoms with Crippen LogP contribution in [0, 0.1) is 0 Å². The van der Waals surface area contributed by atoms with Gasteiger partial charge < -0.3 is 10.2 Å². The lowest BCUT2D eigenvalue weighted by atomic mass is 10.0. The summed E-state index contributed by atoms with van der Waals surface area (Å²) in [7, 11) is -3.69. The van der Waals surface area contributed by atoms with Gasteiger partial charge in [0, 0.05) is 43.9 Å². The quantitative estimate of drug-likeness (QED) is 0.400. The third-order valence-corrected chi connectivity index (χ3v) is 9.30. The Hall–Kier alpha value is -3.29. The number of hydrazine groups is 1. The van der Waals surface area contributed by atoms with E-state index in [0.29, 0.717) is 38.2 Å². The van der Waals surface area contributed by atoms with Gasteiger partial charge in [0.1, 0.15) is 5.00 Å². The highest BCUT2D eigenvalue weighted by atomic mass is 32.2. The molecule has 0 radical (unpaired) electrons. The smallest absolute Gasteiger partial charge is 0.272 e. The van der Waals surface area contributed by atoms with Crippen LogP contribution in [0.1, 0.15) is 71.7 Å². The van der Waals surface area contributed by atoms with Crippen LogP contribution in [0.2, 0.25) is 0 Å². The minimum Gasteiger partial charge on any atom is -0.337 e. The molecule has 1 aliphatic heterocycles. The molecule has 2 heterocycles. The van der Waals surface area contributed by atoms with Gasteiger partial charge in [-0.3, -0.25) is 30.0 Å². The van der Waals surface area contributed by atoms with Gasteiger partial charge in [-0.15, -0.1) is 11.3 Å². The van der Waals surface area contributed by atoms with Crippen LogP contribution in [-0.2, 0) is 32.6 Å². The van der Waals surface area contributed by atoms with Gasteiger partial charge in [0.2, 0.25) is 21.8 Å². The molecule has 1 aliphatic rings. The summed E-state index contributed by atoms with van der Waals surface area (Å²) in [5, 5.41) is 3.04. The number of nitrogens with one attached hydrogen (secondary N) is 3. The Morgan fingerprint density at radius 3 is 2.29 bits per heavy atom. The van der Waals surface area contributed by atoms with Crippen LogP contribution in [0.5, 0.6) is 0 Å². The monoisotopic (exact) mass is 563 g/mol. The summed E-state index contributed by atoms with van der Waals surface area (Å²) in [6, 6.07) is 5.65. The molecule has 0 bridgehead atoms. The first-order valence-corrected chi connectivity index (χ1v) is 14.6. The summed E-state index contributed by atoms with van der Waals surface area (Å²) in [5.74, 6) is -1.66. The lowest BCUT2D eigenvalue weighted by Crippen LogP contribution is -2.41. The molecule has 0 saturated carbocycles. The lowest BCUT2D eigenvalue weighted by molar-refractivity contribution is -0.129. The first-order chi connectivity index (χ1) is 18.0. The zero-order chi connectivity index (χ0) is 28.0. The van der Waals surface area contributed by atoms with Gasteiger partial charge in [-0.1, -0.05) is 20.3 Å². The second-order valence-corrected chi connectivity index (χ2v) is 11.9. The van der Waals surface area contributed by atoms with Crippen molar-refractivity contribution in [2.45, 2.75) is 58.4 Å². The third-order valence-electron chi connectivity index (χ3n) is 6.18. The van der Waals surface area contributed by atoms with Crippen LogP contribution in [0.4, 0.5) is 5.00 Å². The summed E-state index contributed by atoms with van der Waals surface area (Å²) in [5.41, 5.74) is 5.74. The molecule has 1 aromatic carbocycles. The second kappa shape index (κ2) is 12.5. The van der Waals surface area contributed by atoms with E-state index in [9.17, 15) is 27.6 Å². The highest BCUT2D eigenvalue weighted by molar-refractivity contribution is 7.89. The van der Waals surface area contributed by atoms with Crippen LogP contribution in [0.3, 0.4) is 0 Å². The maximum absolute atomic E-state index is 13.1. The number of carbonyl (C=O) groups excluding carboxylic acids is 4. The molecule has 2 aromatic rings. The number of nitrogens with zero attached hydrogens (tertiary/aromatic N) is 2. The number of thiophene rings is 1. The lowest BCUT2D eigenvalue weighted by Gasteiger charge is -2.26. The highest BCUT2D eigenvalue weighted by Crippen LogP contribution is 2.37. The number of hydrogen-bond donors (Lipinski definition) is 3. The van der Waals surface area contributed by atoms with Crippen LogP contribution in [0.25, 0.3) is 0 Å². The highest BCUT2D eigenvalue weighted by Gasteiger charge is 2.30. The van der Waals surface area contributed by atoms with Crippen molar-refractivity contribution in [3.63, 3.8) is 0 Å². The number of anilines is 1. The first-order valence-electron chi connectivity index (χ1n) is 12.4. The molecule has 206 valence electrons. The van der Waals surface area contributed by atoms with Gasteiger partial charge in [-0.2, -0.15) is 4.31 Å².